The highest BCUT2D eigenvalue weighted by atomic mass is 32.1. The van der Waals surface area contributed by atoms with E-state index >= 15 is 0 Å². The van der Waals surface area contributed by atoms with Crippen LogP contribution in [0.5, 0.6) is 17.2 Å². The van der Waals surface area contributed by atoms with Crippen LogP contribution in [0.4, 0.5) is 5.69 Å². The highest BCUT2D eigenvalue weighted by Gasteiger charge is 2.27. The molecule has 2 rings (SSSR count). The lowest BCUT2D eigenvalue weighted by Crippen LogP contribution is -2.42. The van der Waals surface area contributed by atoms with Crippen molar-refractivity contribution in [2.24, 2.45) is 5.92 Å². The molecule has 1 aromatic rings. The zero-order valence-corrected chi connectivity index (χ0v) is 16.5. The number of carbonyl (C=O) groups is 1. The Hall–Kier alpha value is -2.22. The first kappa shape index (κ1) is 20.1. The summed E-state index contributed by atoms with van der Waals surface area (Å²) in [5, 5.41) is 3.81. The molecule has 1 saturated heterocycles. The van der Waals surface area contributed by atoms with Gasteiger partial charge in [-0.3, -0.25) is 4.79 Å². The molecule has 1 fully saturated rings. The fourth-order valence-corrected chi connectivity index (χ4v) is 3.23. The summed E-state index contributed by atoms with van der Waals surface area (Å²) in [4.78, 5) is 13.9. The summed E-state index contributed by atoms with van der Waals surface area (Å²) in [6.07, 6.45) is 1.46. The van der Waals surface area contributed by atoms with Crippen molar-refractivity contribution in [3.63, 3.8) is 0 Å². The standard InChI is InChI=1S/C18H26N2O5S/c1-5-25-17(21)12-6-8-20(9-7-12)18(26)19-13-10-14(22-2)16(24-4)15(11-13)23-3/h10-12H,5-9H2,1-4H3,(H,19,26). The summed E-state index contributed by atoms with van der Waals surface area (Å²) in [5.74, 6) is 1.48. The van der Waals surface area contributed by atoms with Crippen LogP contribution in [0.3, 0.4) is 0 Å². The highest BCUT2D eigenvalue weighted by molar-refractivity contribution is 7.80. The van der Waals surface area contributed by atoms with Crippen LogP contribution in [0.25, 0.3) is 0 Å². The van der Waals surface area contributed by atoms with Gasteiger partial charge in [-0.1, -0.05) is 0 Å². The number of benzene rings is 1. The number of ether oxygens (including phenoxy) is 4. The van der Waals surface area contributed by atoms with Crippen molar-refractivity contribution in [2.75, 3.05) is 46.3 Å². The molecule has 0 bridgehead atoms. The van der Waals surface area contributed by atoms with Crippen molar-refractivity contribution in [3.8, 4) is 17.2 Å². The summed E-state index contributed by atoms with van der Waals surface area (Å²) in [6.45, 7) is 3.66. The van der Waals surface area contributed by atoms with Crippen LogP contribution in [0.2, 0.25) is 0 Å². The molecule has 0 unspecified atom stereocenters. The normalized spacial score (nSPS) is 14.5. The minimum atomic E-state index is -0.115. The Morgan fingerprint density at radius 3 is 2.19 bits per heavy atom. The number of rotatable bonds is 6. The molecule has 7 nitrogen and oxygen atoms in total. The third-order valence-corrected chi connectivity index (χ3v) is 4.68. The van der Waals surface area contributed by atoms with E-state index in [9.17, 15) is 4.79 Å². The van der Waals surface area contributed by atoms with E-state index in [0.29, 0.717) is 42.1 Å². The number of likely N-dealkylation sites (tertiary alicyclic amines) is 1. The molecule has 0 atom stereocenters. The van der Waals surface area contributed by atoms with Gasteiger partial charge in [-0.25, -0.2) is 0 Å². The van der Waals surface area contributed by atoms with Crippen LogP contribution in [-0.2, 0) is 9.53 Å². The van der Waals surface area contributed by atoms with E-state index in [2.05, 4.69) is 5.32 Å². The minimum Gasteiger partial charge on any atom is -0.493 e. The summed E-state index contributed by atoms with van der Waals surface area (Å²) in [7, 11) is 4.70. The number of nitrogens with one attached hydrogen (secondary N) is 1. The molecule has 144 valence electrons. The maximum absolute atomic E-state index is 11.8. The average Bonchev–Trinajstić information content (AvgIpc) is 2.67. The topological polar surface area (TPSA) is 69.3 Å². The molecule has 0 saturated carbocycles. The lowest BCUT2D eigenvalue weighted by Gasteiger charge is -2.33. The Balaban J connectivity index is 2.01. The Morgan fingerprint density at radius 2 is 1.73 bits per heavy atom. The van der Waals surface area contributed by atoms with E-state index < -0.39 is 0 Å². The molecular weight excluding hydrogens is 356 g/mol. The quantitative estimate of drug-likeness (QED) is 0.595. The molecule has 1 heterocycles. The zero-order valence-electron chi connectivity index (χ0n) is 15.7. The van der Waals surface area contributed by atoms with Crippen LogP contribution in [-0.4, -0.2) is 57.0 Å². The molecule has 0 aliphatic carbocycles. The van der Waals surface area contributed by atoms with Crippen molar-refractivity contribution in [1.82, 2.24) is 4.90 Å². The van der Waals surface area contributed by atoms with E-state index in [1.165, 1.54) is 0 Å². The maximum Gasteiger partial charge on any atom is 0.309 e. The molecule has 1 aliphatic rings. The second-order valence-corrected chi connectivity index (χ2v) is 6.24. The smallest absolute Gasteiger partial charge is 0.309 e. The highest BCUT2D eigenvalue weighted by Crippen LogP contribution is 2.40. The summed E-state index contributed by atoms with van der Waals surface area (Å²) in [5.41, 5.74) is 0.747. The van der Waals surface area contributed by atoms with Gasteiger partial charge in [0.05, 0.1) is 33.9 Å². The summed E-state index contributed by atoms with van der Waals surface area (Å²) < 4.78 is 21.1. The Kier molecular flexibility index (Phi) is 7.32. The van der Waals surface area contributed by atoms with Crippen LogP contribution in [0.15, 0.2) is 12.1 Å². The monoisotopic (exact) mass is 382 g/mol. The van der Waals surface area contributed by atoms with E-state index in [0.717, 1.165) is 18.5 Å². The minimum absolute atomic E-state index is 0.0461. The van der Waals surface area contributed by atoms with E-state index in [1.807, 2.05) is 11.8 Å². The first-order valence-electron chi connectivity index (χ1n) is 8.56. The van der Waals surface area contributed by atoms with Crippen LogP contribution in [0.1, 0.15) is 19.8 Å². The van der Waals surface area contributed by atoms with Crippen molar-refractivity contribution < 1.29 is 23.7 Å². The number of esters is 1. The number of nitrogens with zero attached hydrogens (tertiary/aromatic N) is 1. The predicted molar refractivity (Wildman–Crippen MR) is 103 cm³/mol. The Bertz CT molecular complexity index is 619. The van der Waals surface area contributed by atoms with Gasteiger partial charge >= 0.3 is 5.97 Å². The van der Waals surface area contributed by atoms with Crippen LogP contribution < -0.4 is 19.5 Å². The fraction of sp³-hybridized carbons (Fsp3) is 0.556. The van der Waals surface area contributed by atoms with Gasteiger partial charge in [-0.2, -0.15) is 0 Å². The molecule has 26 heavy (non-hydrogen) atoms. The van der Waals surface area contributed by atoms with Gasteiger partial charge in [0, 0.05) is 30.9 Å². The van der Waals surface area contributed by atoms with Gasteiger partial charge < -0.3 is 29.2 Å². The SMILES string of the molecule is CCOC(=O)C1CCN(C(=S)Nc2cc(OC)c(OC)c(OC)c2)CC1. The summed E-state index contributed by atoms with van der Waals surface area (Å²) in [6, 6.07) is 3.61. The lowest BCUT2D eigenvalue weighted by atomic mass is 9.97. The maximum atomic E-state index is 11.8. The summed E-state index contributed by atoms with van der Waals surface area (Å²) >= 11 is 5.52. The van der Waals surface area contributed by atoms with Gasteiger partial charge in [0.25, 0.3) is 0 Å². The fourth-order valence-electron chi connectivity index (χ4n) is 2.93. The molecular formula is C18H26N2O5S. The second-order valence-electron chi connectivity index (χ2n) is 5.86. The largest absolute Gasteiger partial charge is 0.493 e. The van der Waals surface area contributed by atoms with E-state index in [1.54, 1.807) is 33.5 Å². The van der Waals surface area contributed by atoms with Crippen LogP contribution >= 0.6 is 12.2 Å². The lowest BCUT2D eigenvalue weighted by molar-refractivity contribution is -0.149. The van der Waals surface area contributed by atoms with E-state index in [4.69, 9.17) is 31.2 Å². The molecule has 0 spiro atoms. The van der Waals surface area contributed by atoms with Crippen molar-refractivity contribution in [2.45, 2.75) is 19.8 Å². The van der Waals surface area contributed by atoms with Crippen LogP contribution in [0, 0.1) is 5.92 Å². The molecule has 8 heteroatoms. The van der Waals surface area contributed by atoms with Gasteiger partial charge in [-0.15, -0.1) is 0 Å². The molecule has 1 N–H and O–H groups in total. The number of piperidine rings is 1. The average molecular weight is 382 g/mol. The molecule has 0 amide bonds. The number of thiocarbonyl (C=S) groups is 1. The molecule has 0 aromatic heterocycles. The van der Waals surface area contributed by atoms with Crippen molar-refractivity contribution in [3.05, 3.63) is 12.1 Å². The number of methoxy groups -OCH3 is 3. The van der Waals surface area contributed by atoms with Gasteiger partial charge in [-0.05, 0) is 32.0 Å². The van der Waals surface area contributed by atoms with Gasteiger partial charge in [0.15, 0.2) is 16.6 Å². The third-order valence-electron chi connectivity index (χ3n) is 4.32. The Morgan fingerprint density at radius 1 is 1.15 bits per heavy atom. The van der Waals surface area contributed by atoms with Gasteiger partial charge in [0.1, 0.15) is 0 Å². The number of hydrogen-bond acceptors (Lipinski definition) is 6. The Labute approximate surface area is 159 Å². The second kappa shape index (κ2) is 9.47. The van der Waals surface area contributed by atoms with Crippen molar-refractivity contribution >= 4 is 29.0 Å². The predicted octanol–water partition coefficient (Wildman–Crippen LogP) is 2.68. The molecule has 0 radical (unpaired) electrons. The first-order valence-corrected chi connectivity index (χ1v) is 8.97. The zero-order chi connectivity index (χ0) is 19.1. The van der Waals surface area contributed by atoms with Crippen molar-refractivity contribution in [1.29, 1.82) is 0 Å². The van der Waals surface area contributed by atoms with E-state index in [-0.39, 0.29) is 11.9 Å². The first-order chi connectivity index (χ1) is 12.5. The third kappa shape index (κ3) is 4.69. The molecule has 1 aromatic carbocycles. The van der Waals surface area contributed by atoms with Gasteiger partial charge in [0.2, 0.25) is 5.75 Å². The number of carbonyl (C=O) groups excluding carboxylic acids is 1. The number of hydrogen-bond donors (Lipinski definition) is 1. The molecule has 1 aliphatic heterocycles. The number of anilines is 1.